The standard InChI is InChI=1S/C18H15NO2/c1-14-7-12-18(20)19(13-14)15-8-10-17(11-9-15)21-16-5-3-2-4-6-16/h2-13H,1H3. The third-order valence-corrected chi connectivity index (χ3v) is 3.15. The summed E-state index contributed by atoms with van der Waals surface area (Å²) in [7, 11) is 0. The van der Waals surface area contributed by atoms with Gasteiger partial charge in [0.1, 0.15) is 11.5 Å². The average Bonchev–Trinajstić information content (AvgIpc) is 2.52. The van der Waals surface area contributed by atoms with Gasteiger partial charge >= 0.3 is 0 Å². The van der Waals surface area contributed by atoms with Crippen molar-refractivity contribution in [1.82, 2.24) is 4.57 Å². The fourth-order valence-corrected chi connectivity index (χ4v) is 2.09. The van der Waals surface area contributed by atoms with Crippen LogP contribution in [0.4, 0.5) is 0 Å². The van der Waals surface area contributed by atoms with Gasteiger partial charge in [0.25, 0.3) is 5.56 Å². The number of nitrogens with zero attached hydrogens (tertiary/aromatic N) is 1. The number of aryl methyl sites for hydroxylation is 1. The van der Waals surface area contributed by atoms with Gasteiger partial charge in [-0.2, -0.15) is 0 Å². The van der Waals surface area contributed by atoms with E-state index < -0.39 is 0 Å². The molecule has 104 valence electrons. The maximum Gasteiger partial charge on any atom is 0.255 e. The first kappa shape index (κ1) is 13.2. The predicted molar refractivity (Wildman–Crippen MR) is 83.3 cm³/mol. The molecule has 0 aliphatic carbocycles. The molecule has 2 aromatic carbocycles. The Hall–Kier alpha value is -2.81. The molecule has 0 aliphatic rings. The Labute approximate surface area is 123 Å². The summed E-state index contributed by atoms with van der Waals surface area (Å²) in [6, 6.07) is 20.5. The third kappa shape index (κ3) is 3.03. The van der Waals surface area contributed by atoms with Crippen LogP contribution in [-0.2, 0) is 0 Å². The van der Waals surface area contributed by atoms with E-state index in [-0.39, 0.29) is 5.56 Å². The van der Waals surface area contributed by atoms with Gasteiger partial charge in [-0.3, -0.25) is 9.36 Å². The van der Waals surface area contributed by atoms with Gasteiger partial charge in [0.15, 0.2) is 0 Å². The molecule has 0 saturated heterocycles. The van der Waals surface area contributed by atoms with E-state index in [1.165, 1.54) is 0 Å². The molecule has 0 fully saturated rings. The number of hydrogen-bond acceptors (Lipinski definition) is 2. The molecule has 0 saturated carbocycles. The van der Waals surface area contributed by atoms with E-state index in [4.69, 9.17) is 4.74 Å². The summed E-state index contributed by atoms with van der Waals surface area (Å²) in [5.41, 5.74) is 1.82. The Morgan fingerprint density at radius 2 is 1.48 bits per heavy atom. The van der Waals surface area contributed by atoms with Crippen molar-refractivity contribution in [3.63, 3.8) is 0 Å². The summed E-state index contributed by atoms with van der Waals surface area (Å²) in [6.45, 7) is 1.96. The van der Waals surface area contributed by atoms with Crippen molar-refractivity contribution in [1.29, 1.82) is 0 Å². The summed E-state index contributed by atoms with van der Waals surface area (Å²) >= 11 is 0. The number of benzene rings is 2. The van der Waals surface area contributed by atoms with Crippen LogP contribution >= 0.6 is 0 Å². The Kier molecular flexibility index (Phi) is 3.56. The maximum absolute atomic E-state index is 11.9. The van der Waals surface area contributed by atoms with Gasteiger partial charge in [0.2, 0.25) is 0 Å². The molecule has 0 spiro atoms. The summed E-state index contributed by atoms with van der Waals surface area (Å²) < 4.78 is 7.36. The van der Waals surface area contributed by atoms with Crippen molar-refractivity contribution >= 4 is 0 Å². The molecule has 0 radical (unpaired) electrons. The number of aromatic nitrogens is 1. The maximum atomic E-state index is 11.9. The Morgan fingerprint density at radius 1 is 0.810 bits per heavy atom. The van der Waals surface area contributed by atoms with E-state index in [1.54, 1.807) is 10.6 Å². The number of ether oxygens (including phenoxy) is 1. The van der Waals surface area contributed by atoms with Gasteiger partial charge in [0, 0.05) is 18.0 Å². The van der Waals surface area contributed by atoms with Gasteiger partial charge in [0.05, 0.1) is 0 Å². The largest absolute Gasteiger partial charge is 0.457 e. The van der Waals surface area contributed by atoms with Crippen LogP contribution in [0.15, 0.2) is 77.7 Å². The van der Waals surface area contributed by atoms with Crippen molar-refractivity contribution in [2.24, 2.45) is 0 Å². The molecule has 3 heteroatoms. The van der Waals surface area contributed by atoms with Gasteiger partial charge in [-0.15, -0.1) is 0 Å². The highest BCUT2D eigenvalue weighted by molar-refractivity contribution is 5.40. The second kappa shape index (κ2) is 5.67. The fourth-order valence-electron chi connectivity index (χ4n) is 2.09. The smallest absolute Gasteiger partial charge is 0.255 e. The van der Waals surface area contributed by atoms with E-state index in [0.717, 1.165) is 22.7 Å². The molecule has 1 heterocycles. The van der Waals surface area contributed by atoms with Crippen LogP contribution in [-0.4, -0.2) is 4.57 Å². The topological polar surface area (TPSA) is 31.2 Å². The number of hydrogen-bond donors (Lipinski definition) is 0. The molecule has 0 amide bonds. The number of rotatable bonds is 3. The van der Waals surface area contributed by atoms with Crippen molar-refractivity contribution < 1.29 is 4.74 Å². The van der Waals surface area contributed by atoms with E-state index in [1.807, 2.05) is 73.8 Å². The SMILES string of the molecule is Cc1ccc(=O)n(-c2ccc(Oc3ccccc3)cc2)c1. The van der Waals surface area contributed by atoms with Crippen LogP contribution in [0.2, 0.25) is 0 Å². The third-order valence-electron chi connectivity index (χ3n) is 3.15. The molecule has 1 aromatic heterocycles. The van der Waals surface area contributed by atoms with Crippen LogP contribution in [0.25, 0.3) is 5.69 Å². The highest BCUT2D eigenvalue weighted by atomic mass is 16.5. The molecule has 0 unspecified atom stereocenters. The minimum absolute atomic E-state index is 0.0441. The van der Waals surface area contributed by atoms with Gasteiger partial charge in [-0.05, 0) is 48.9 Å². The zero-order valence-corrected chi connectivity index (χ0v) is 11.7. The van der Waals surface area contributed by atoms with E-state index in [0.29, 0.717) is 0 Å². The molecule has 0 N–H and O–H groups in total. The van der Waals surface area contributed by atoms with Crippen LogP contribution in [0.3, 0.4) is 0 Å². The molecule has 21 heavy (non-hydrogen) atoms. The second-order valence-corrected chi connectivity index (χ2v) is 4.82. The summed E-state index contributed by atoms with van der Waals surface area (Å²) in [5, 5.41) is 0. The first-order chi connectivity index (χ1) is 10.2. The molecule has 3 aromatic rings. The minimum atomic E-state index is -0.0441. The normalized spacial score (nSPS) is 10.3. The summed E-state index contributed by atoms with van der Waals surface area (Å²) in [4.78, 5) is 11.9. The first-order valence-electron chi connectivity index (χ1n) is 6.75. The van der Waals surface area contributed by atoms with Crippen LogP contribution in [0.1, 0.15) is 5.56 Å². The average molecular weight is 277 g/mol. The lowest BCUT2D eigenvalue weighted by Crippen LogP contribution is -2.16. The highest BCUT2D eigenvalue weighted by Gasteiger charge is 2.01. The zero-order valence-electron chi connectivity index (χ0n) is 11.7. The van der Waals surface area contributed by atoms with Crippen LogP contribution < -0.4 is 10.3 Å². The lowest BCUT2D eigenvalue weighted by molar-refractivity contribution is 0.482. The van der Waals surface area contributed by atoms with Crippen molar-refractivity contribution in [3.05, 3.63) is 88.8 Å². The van der Waals surface area contributed by atoms with Crippen LogP contribution in [0, 0.1) is 6.92 Å². The molecule has 0 atom stereocenters. The second-order valence-electron chi connectivity index (χ2n) is 4.82. The van der Waals surface area contributed by atoms with Gasteiger partial charge < -0.3 is 4.74 Å². The molecule has 3 rings (SSSR count). The van der Waals surface area contributed by atoms with Crippen molar-refractivity contribution in [2.45, 2.75) is 6.92 Å². The van der Waals surface area contributed by atoms with E-state index in [9.17, 15) is 4.79 Å². The van der Waals surface area contributed by atoms with Crippen molar-refractivity contribution in [3.8, 4) is 17.2 Å². The quantitative estimate of drug-likeness (QED) is 0.726. The van der Waals surface area contributed by atoms with E-state index >= 15 is 0 Å². The zero-order chi connectivity index (χ0) is 14.7. The Balaban J connectivity index is 1.87. The van der Waals surface area contributed by atoms with Crippen LogP contribution in [0.5, 0.6) is 11.5 Å². The summed E-state index contributed by atoms with van der Waals surface area (Å²) in [5.74, 6) is 1.53. The molecule has 0 aliphatic heterocycles. The van der Waals surface area contributed by atoms with E-state index in [2.05, 4.69) is 0 Å². The van der Waals surface area contributed by atoms with Gasteiger partial charge in [-0.25, -0.2) is 0 Å². The Morgan fingerprint density at radius 3 is 2.19 bits per heavy atom. The van der Waals surface area contributed by atoms with Crippen molar-refractivity contribution in [2.75, 3.05) is 0 Å². The number of para-hydroxylation sites is 1. The first-order valence-corrected chi connectivity index (χ1v) is 6.75. The monoisotopic (exact) mass is 277 g/mol. The number of pyridine rings is 1. The minimum Gasteiger partial charge on any atom is -0.457 e. The molecular weight excluding hydrogens is 262 g/mol. The lowest BCUT2D eigenvalue weighted by atomic mass is 10.2. The molecule has 3 nitrogen and oxygen atoms in total. The predicted octanol–water partition coefficient (Wildman–Crippen LogP) is 3.94. The van der Waals surface area contributed by atoms with Gasteiger partial charge in [-0.1, -0.05) is 24.3 Å². The molecular formula is C18H15NO2. The summed E-state index contributed by atoms with van der Waals surface area (Å²) in [6.07, 6.45) is 1.83. The fraction of sp³-hybridized carbons (Fsp3) is 0.0556. The Bertz CT molecular complexity index is 789. The highest BCUT2D eigenvalue weighted by Crippen LogP contribution is 2.21. The lowest BCUT2D eigenvalue weighted by Gasteiger charge is -2.09. The molecule has 0 bridgehead atoms.